The fraction of sp³-hybridized carbons (Fsp3) is 0.130. The minimum absolute atomic E-state index is 0.402. The smallest absolute Gasteiger partial charge is 0.339 e. The minimum atomic E-state index is -0.402. The highest BCUT2D eigenvalue weighted by atomic mass is 16.5. The first-order chi connectivity index (χ1) is 14.2. The highest BCUT2D eigenvalue weighted by Crippen LogP contribution is 2.13. The largest absolute Gasteiger partial charge is 0.490 e. The summed E-state index contributed by atoms with van der Waals surface area (Å²) in [7, 11) is 0. The molecule has 0 fully saturated rings. The number of amides is 2. The van der Waals surface area contributed by atoms with Gasteiger partial charge in [0.1, 0.15) is 24.7 Å². The van der Waals surface area contributed by atoms with Crippen LogP contribution in [-0.4, -0.2) is 25.5 Å². The number of benzene rings is 3. The Morgan fingerprint density at radius 3 is 2.07 bits per heavy atom. The highest BCUT2D eigenvalue weighted by Gasteiger charge is 1.99. The summed E-state index contributed by atoms with van der Waals surface area (Å²) < 4.78 is 11.3. The SMILES string of the molecule is Cc1ccc(OCCOc2ccc(C=NNC(=O)Nc3ccccc3)cc2)cc1. The van der Waals surface area contributed by atoms with Crippen molar-refractivity contribution in [2.45, 2.75) is 6.92 Å². The van der Waals surface area contributed by atoms with E-state index in [9.17, 15) is 4.79 Å². The van der Waals surface area contributed by atoms with Crippen LogP contribution in [0.25, 0.3) is 0 Å². The van der Waals surface area contributed by atoms with Crippen molar-refractivity contribution in [2.75, 3.05) is 18.5 Å². The molecule has 6 nitrogen and oxygen atoms in total. The van der Waals surface area contributed by atoms with E-state index in [-0.39, 0.29) is 0 Å². The van der Waals surface area contributed by atoms with Crippen LogP contribution in [0.5, 0.6) is 11.5 Å². The van der Waals surface area contributed by atoms with Crippen molar-refractivity contribution in [3.8, 4) is 11.5 Å². The fourth-order valence-corrected chi connectivity index (χ4v) is 2.45. The van der Waals surface area contributed by atoms with Crippen LogP contribution in [0.15, 0.2) is 84.0 Å². The van der Waals surface area contributed by atoms with Gasteiger partial charge in [-0.1, -0.05) is 35.9 Å². The van der Waals surface area contributed by atoms with Gasteiger partial charge in [-0.3, -0.25) is 0 Å². The highest BCUT2D eigenvalue weighted by molar-refractivity contribution is 5.90. The molecule has 0 aliphatic rings. The number of hydrogen-bond donors (Lipinski definition) is 2. The molecule has 0 radical (unpaired) electrons. The second kappa shape index (κ2) is 10.5. The zero-order chi connectivity index (χ0) is 20.3. The third kappa shape index (κ3) is 7.03. The van der Waals surface area contributed by atoms with Crippen molar-refractivity contribution in [3.05, 3.63) is 90.0 Å². The zero-order valence-corrected chi connectivity index (χ0v) is 16.2. The number of nitrogens with one attached hydrogen (secondary N) is 2. The van der Waals surface area contributed by atoms with Gasteiger partial charge in [-0.05, 0) is 61.0 Å². The predicted molar refractivity (Wildman–Crippen MR) is 115 cm³/mol. The minimum Gasteiger partial charge on any atom is -0.490 e. The standard InChI is InChI=1S/C23H23N3O3/c1-18-7-11-21(12-8-18)28-15-16-29-22-13-9-19(10-14-22)17-24-26-23(27)25-20-5-3-2-4-6-20/h2-14,17H,15-16H2,1H3,(H2,25,26,27). The average Bonchev–Trinajstić information content (AvgIpc) is 2.74. The molecule has 3 aromatic carbocycles. The molecule has 0 unspecified atom stereocenters. The second-order valence-electron chi connectivity index (χ2n) is 6.27. The Morgan fingerprint density at radius 2 is 1.45 bits per heavy atom. The molecule has 3 aromatic rings. The predicted octanol–water partition coefficient (Wildman–Crippen LogP) is 4.61. The third-order valence-electron chi connectivity index (χ3n) is 3.93. The number of carbonyl (C=O) groups is 1. The number of hydrogen-bond acceptors (Lipinski definition) is 4. The van der Waals surface area contributed by atoms with Gasteiger partial charge in [0.2, 0.25) is 0 Å². The topological polar surface area (TPSA) is 72.0 Å². The van der Waals surface area contributed by atoms with Crippen LogP contribution in [-0.2, 0) is 0 Å². The third-order valence-corrected chi connectivity index (χ3v) is 3.93. The van der Waals surface area contributed by atoms with E-state index in [1.165, 1.54) is 5.56 Å². The summed E-state index contributed by atoms with van der Waals surface area (Å²) in [6.07, 6.45) is 1.56. The summed E-state index contributed by atoms with van der Waals surface area (Å²) in [5.74, 6) is 1.57. The van der Waals surface area contributed by atoms with Gasteiger partial charge in [0.15, 0.2) is 0 Å². The van der Waals surface area contributed by atoms with Crippen LogP contribution in [0.3, 0.4) is 0 Å². The molecule has 0 aliphatic heterocycles. The molecule has 0 aromatic heterocycles. The molecule has 29 heavy (non-hydrogen) atoms. The van der Waals surface area contributed by atoms with E-state index < -0.39 is 6.03 Å². The summed E-state index contributed by atoms with van der Waals surface area (Å²) >= 11 is 0. The van der Waals surface area contributed by atoms with Gasteiger partial charge in [0, 0.05) is 5.69 Å². The van der Waals surface area contributed by atoms with E-state index in [4.69, 9.17) is 9.47 Å². The Balaban J connectivity index is 1.37. The van der Waals surface area contributed by atoms with Crippen LogP contribution in [0, 0.1) is 6.92 Å². The molecule has 2 amide bonds. The molecule has 0 saturated heterocycles. The van der Waals surface area contributed by atoms with Crippen molar-refractivity contribution in [1.29, 1.82) is 0 Å². The first kappa shape index (κ1) is 19.9. The Labute approximate surface area is 170 Å². The van der Waals surface area contributed by atoms with Crippen LogP contribution < -0.4 is 20.2 Å². The van der Waals surface area contributed by atoms with Gasteiger partial charge in [-0.25, -0.2) is 10.2 Å². The molecule has 0 heterocycles. The molecule has 0 spiro atoms. The summed E-state index contributed by atoms with van der Waals surface area (Å²) in [5, 5.41) is 6.62. The molecular weight excluding hydrogens is 366 g/mol. The molecule has 2 N–H and O–H groups in total. The first-order valence-corrected chi connectivity index (χ1v) is 9.26. The Kier molecular flexibility index (Phi) is 7.23. The van der Waals surface area contributed by atoms with Crippen LogP contribution in [0.4, 0.5) is 10.5 Å². The fourth-order valence-electron chi connectivity index (χ4n) is 2.45. The van der Waals surface area contributed by atoms with E-state index in [0.29, 0.717) is 18.9 Å². The van der Waals surface area contributed by atoms with Crippen molar-refractivity contribution in [2.24, 2.45) is 5.10 Å². The molecule has 0 atom stereocenters. The maximum Gasteiger partial charge on any atom is 0.339 e. The van der Waals surface area contributed by atoms with Gasteiger partial charge >= 0.3 is 6.03 Å². The number of para-hydroxylation sites is 1. The van der Waals surface area contributed by atoms with Gasteiger partial charge in [0.05, 0.1) is 6.21 Å². The number of rotatable bonds is 8. The normalized spacial score (nSPS) is 10.5. The van der Waals surface area contributed by atoms with Crippen LogP contribution in [0.2, 0.25) is 0 Å². The van der Waals surface area contributed by atoms with Crippen LogP contribution in [0.1, 0.15) is 11.1 Å². The van der Waals surface area contributed by atoms with Crippen LogP contribution >= 0.6 is 0 Å². The van der Waals surface area contributed by atoms with Gasteiger partial charge in [0.25, 0.3) is 0 Å². The number of urea groups is 1. The lowest BCUT2D eigenvalue weighted by Crippen LogP contribution is -2.24. The van der Waals surface area contributed by atoms with E-state index in [1.54, 1.807) is 18.3 Å². The molecule has 0 bridgehead atoms. The van der Waals surface area contributed by atoms with Gasteiger partial charge in [-0.2, -0.15) is 5.10 Å². The lowest BCUT2D eigenvalue weighted by molar-refractivity contribution is 0.217. The second-order valence-corrected chi connectivity index (χ2v) is 6.27. The van der Waals surface area contributed by atoms with E-state index in [2.05, 4.69) is 15.8 Å². The van der Waals surface area contributed by atoms with E-state index >= 15 is 0 Å². The Morgan fingerprint density at radius 1 is 0.862 bits per heavy atom. The maximum atomic E-state index is 11.8. The molecule has 0 saturated carbocycles. The number of aryl methyl sites for hydroxylation is 1. The molecule has 0 aliphatic carbocycles. The average molecular weight is 389 g/mol. The van der Waals surface area contributed by atoms with Crippen molar-refractivity contribution in [1.82, 2.24) is 5.43 Å². The number of carbonyl (C=O) groups excluding carboxylic acids is 1. The molecular formula is C23H23N3O3. The summed E-state index contributed by atoms with van der Waals surface area (Å²) in [6.45, 7) is 2.95. The Bertz CT molecular complexity index is 924. The maximum absolute atomic E-state index is 11.8. The molecule has 6 heteroatoms. The quantitative estimate of drug-likeness (QED) is 0.336. The number of anilines is 1. The van der Waals surface area contributed by atoms with Gasteiger partial charge < -0.3 is 14.8 Å². The van der Waals surface area contributed by atoms with E-state index in [0.717, 1.165) is 17.1 Å². The summed E-state index contributed by atoms with van der Waals surface area (Å²) in [4.78, 5) is 11.8. The Hall–Kier alpha value is -3.80. The number of ether oxygens (including phenoxy) is 2. The molecule has 148 valence electrons. The summed E-state index contributed by atoms with van der Waals surface area (Å²) in [6, 6.07) is 24.1. The molecule has 3 rings (SSSR count). The van der Waals surface area contributed by atoms with E-state index in [1.807, 2.05) is 73.7 Å². The monoisotopic (exact) mass is 389 g/mol. The lowest BCUT2D eigenvalue weighted by atomic mass is 10.2. The number of nitrogens with zero attached hydrogens (tertiary/aromatic N) is 1. The summed E-state index contributed by atoms with van der Waals surface area (Å²) in [5.41, 5.74) is 5.17. The van der Waals surface area contributed by atoms with Crippen molar-refractivity contribution in [3.63, 3.8) is 0 Å². The zero-order valence-electron chi connectivity index (χ0n) is 16.2. The van der Waals surface area contributed by atoms with Crippen molar-refractivity contribution < 1.29 is 14.3 Å². The number of hydrazone groups is 1. The lowest BCUT2D eigenvalue weighted by Gasteiger charge is -2.08. The van der Waals surface area contributed by atoms with Gasteiger partial charge in [-0.15, -0.1) is 0 Å². The van der Waals surface area contributed by atoms with Crippen molar-refractivity contribution >= 4 is 17.9 Å². The first-order valence-electron chi connectivity index (χ1n) is 9.26.